The molecule has 176 valence electrons. The minimum Gasteiger partial charge on any atom is -0.497 e. The molecular formula is C27H29N3O3S. The Morgan fingerprint density at radius 1 is 0.941 bits per heavy atom. The van der Waals surface area contributed by atoms with Crippen molar-refractivity contribution in [3.05, 3.63) is 90.3 Å². The third-order valence-electron chi connectivity index (χ3n) is 7.10. The molecule has 3 aromatic carbocycles. The molecule has 1 saturated heterocycles. The van der Waals surface area contributed by atoms with Gasteiger partial charge in [0, 0.05) is 12.5 Å². The van der Waals surface area contributed by atoms with Crippen molar-refractivity contribution in [1.82, 2.24) is 14.9 Å². The summed E-state index contributed by atoms with van der Waals surface area (Å²) in [5.41, 5.74) is 2.13. The Bertz CT molecular complexity index is 1390. The number of methoxy groups -OCH3 is 1. The van der Waals surface area contributed by atoms with Gasteiger partial charge in [-0.2, -0.15) is 0 Å². The first-order chi connectivity index (χ1) is 16.5. The van der Waals surface area contributed by atoms with Crippen molar-refractivity contribution in [2.24, 2.45) is 7.05 Å². The summed E-state index contributed by atoms with van der Waals surface area (Å²) in [4.78, 5) is 5.20. The number of hydrogen-bond acceptors (Lipinski definition) is 5. The fourth-order valence-corrected chi connectivity index (χ4v) is 7.57. The molecule has 6 nitrogen and oxygen atoms in total. The third kappa shape index (κ3) is 3.69. The summed E-state index contributed by atoms with van der Waals surface area (Å²) >= 11 is 0. The second-order valence-electron chi connectivity index (χ2n) is 8.89. The molecule has 1 aromatic heterocycles. The number of para-hydroxylation sites is 2. The topological polar surface area (TPSA) is 73.2 Å². The monoisotopic (exact) mass is 475 g/mol. The van der Waals surface area contributed by atoms with Gasteiger partial charge in [0.15, 0.2) is 9.84 Å². The normalized spacial score (nSPS) is 16.9. The Kier molecular flexibility index (Phi) is 5.91. The van der Waals surface area contributed by atoms with Gasteiger partial charge < -0.3 is 14.6 Å². The van der Waals surface area contributed by atoms with Crippen LogP contribution in [0.25, 0.3) is 11.0 Å². The number of fused-ring (bicyclic) bond motifs is 1. The number of piperidine rings is 1. The maximum atomic E-state index is 14.5. The summed E-state index contributed by atoms with van der Waals surface area (Å²) in [6, 6.07) is 24.6. The predicted molar refractivity (Wildman–Crippen MR) is 134 cm³/mol. The zero-order valence-corrected chi connectivity index (χ0v) is 20.3. The smallest absolute Gasteiger partial charge is 0.189 e. The van der Waals surface area contributed by atoms with Crippen molar-refractivity contribution in [1.29, 1.82) is 0 Å². The number of ether oxygens (including phenoxy) is 1. The fraction of sp³-hybridized carbons (Fsp3) is 0.296. The average Bonchev–Trinajstić information content (AvgIpc) is 3.21. The maximum Gasteiger partial charge on any atom is 0.189 e. The van der Waals surface area contributed by atoms with E-state index in [2.05, 4.69) is 17.4 Å². The van der Waals surface area contributed by atoms with E-state index in [4.69, 9.17) is 9.72 Å². The van der Waals surface area contributed by atoms with Crippen LogP contribution in [0.2, 0.25) is 0 Å². The van der Waals surface area contributed by atoms with Crippen molar-refractivity contribution in [3.8, 4) is 5.75 Å². The van der Waals surface area contributed by atoms with Crippen molar-refractivity contribution in [3.63, 3.8) is 0 Å². The van der Waals surface area contributed by atoms with Gasteiger partial charge in [0.1, 0.15) is 16.8 Å². The molecule has 1 aliphatic heterocycles. The fourth-order valence-electron chi connectivity index (χ4n) is 5.33. The van der Waals surface area contributed by atoms with E-state index in [1.807, 2.05) is 54.1 Å². The molecule has 5 rings (SSSR count). The largest absolute Gasteiger partial charge is 0.497 e. The van der Waals surface area contributed by atoms with Crippen LogP contribution in [0.15, 0.2) is 83.8 Å². The molecular weight excluding hydrogens is 446 g/mol. The number of rotatable bonds is 6. The molecule has 34 heavy (non-hydrogen) atoms. The molecule has 1 unspecified atom stereocenters. The lowest BCUT2D eigenvalue weighted by molar-refractivity contribution is 0.285. The summed E-state index contributed by atoms with van der Waals surface area (Å²) in [5.74, 6) is 1.20. The van der Waals surface area contributed by atoms with Gasteiger partial charge in [-0.3, -0.25) is 0 Å². The van der Waals surface area contributed by atoms with Crippen LogP contribution in [0.4, 0.5) is 0 Å². The second-order valence-corrected chi connectivity index (χ2v) is 10.9. The zero-order valence-electron chi connectivity index (χ0n) is 19.4. The Morgan fingerprint density at radius 2 is 1.59 bits per heavy atom. The molecule has 0 radical (unpaired) electrons. The molecule has 7 heteroatoms. The van der Waals surface area contributed by atoms with Gasteiger partial charge in [0.2, 0.25) is 0 Å². The highest BCUT2D eigenvalue weighted by atomic mass is 32.2. The molecule has 2 heterocycles. The molecule has 0 spiro atoms. The van der Waals surface area contributed by atoms with E-state index in [9.17, 15) is 8.42 Å². The summed E-state index contributed by atoms with van der Waals surface area (Å²) < 4.78 is 36.3. The molecule has 0 saturated carbocycles. The van der Waals surface area contributed by atoms with Crippen molar-refractivity contribution in [2.75, 3.05) is 20.2 Å². The maximum absolute atomic E-state index is 14.5. The van der Waals surface area contributed by atoms with Gasteiger partial charge in [-0.05, 0) is 67.9 Å². The van der Waals surface area contributed by atoms with Crippen molar-refractivity contribution in [2.45, 2.75) is 28.4 Å². The Morgan fingerprint density at radius 3 is 2.24 bits per heavy atom. The van der Waals surface area contributed by atoms with Gasteiger partial charge in [-0.25, -0.2) is 13.4 Å². The van der Waals surface area contributed by atoms with Crippen LogP contribution in [0.5, 0.6) is 5.75 Å². The average molecular weight is 476 g/mol. The number of hydrogen-bond donors (Lipinski definition) is 1. The molecule has 1 atom stereocenters. The van der Waals surface area contributed by atoms with Crippen LogP contribution in [-0.4, -0.2) is 38.2 Å². The lowest BCUT2D eigenvalue weighted by Gasteiger charge is -2.43. The highest BCUT2D eigenvalue weighted by Gasteiger charge is 2.51. The SMILES string of the molecule is COc1ccc(S(=O)(=O)C(c2nc3ccccc3n2C)C2(c3ccccc3)CCNCC2)cc1. The molecule has 1 N–H and O–H groups in total. The molecule has 0 bridgehead atoms. The van der Waals surface area contributed by atoms with E-state index in [0.717, 1.165) is 29.7 Å². The number of nitrogens with one attached hydrogen (secondary N) is 1. The van der Waals surface area contributed by atoms with Crippen molar-refractivity contribution < 1.29 is 13.2 Å². The minimum atomic E-state index is -3.82. The van der Waals surface area contributed by atoms with Crippen LogP contribution < -0.4 is 10.1 Å². The van der Waals surface area contributed by atoms with Gasteiger partial charge >= 0.3 is 0 Å². The first-order valence-electron chi connectivity index (χ1n) is 11.5. The zero-order chi connectivity index (χ0) is 23.8. The van der Waals surface area contributed by atoms with E-state index in [1.54, 1.807) is 31.4 Å². The number of aromatic nitrogens is 2. The van der Waals surface area contributed by atoms with Gasteiger partial charge in [0.25, 0.3) is 0 Å². The standard InChI is InChI=1S/C27H29N3O3S/c1-30-24-11-7-6-10-23(24)29-26(30)25(34(31,32)22-14-12-21(33-2)13-15-22)27(16-18-28-19-17-27)20-8-4-3-5-9-20/h3-15,25,28H,16-19H2,1-2H3. The quantitative estimate of drug-likeness (QED) is 0.447. The van der Waals surface area contributed by atoms with E-state index in [1.165, 1.54) is 0 Å². The molecule has 0 amide bonds. The van der Waals surface area contributed by atoms with E-state index in [-0.39, 0.29) is 4.90 Å². The van der Waals surface area contributed by atoms with Gasteiger partial charge in [-0.1, -0.05) is 42.5 Å². The first-order valence-corrected chi connectivity index (χ1v) is 13.1. The van der Waals surface area contributed by atoms with Crippen LogP contribution in [0.1, 0.15) is 29.5 Å². The molecule has 1 aliphatic rings. The number of imidazole rings is 1. The summed E-state index contributed by atoms with van der Waals surface area (Å²) in [7, 11) is -0.330. The third-order valence-corrected chi connectivity index (χ3v) is 9.31. The lowest BCUT2D eigenvalue weighted by atomic mass is 9.70. The van der Waals surface area contributed by atoms with Crippen LogP contribution in [0.3, 0.4) is 0 Å². The molecule has 1 fully saturated rings. The lowest BCUT2D eigenvalue weighted by Crippen LogP contribution is -2.47. The van der Waals surface area contributed by atoms with Crippen LogP contribution >= 0.6 is 0 Å². The predicted octanol–water partition coefficient (Wildman–Crippen LogP) is 4.42. The van der Waals surface area contributed by atoms with Gasteiger partial charge in [0.05, 0.1) is 23.0 Å². The summed E-state index contributed by atoms with van der Waals surface area (Å²) in [5, 5.41) is 2.57. The number of sulfone groups is 1. The molecule has 4 aromatic rings. The first kappa shape index (κ1) is 22.6. The summed E-state index contributed by atoms with van der Waals surface area (Å²) in [6.07, 6.45) is 1.39. The highest BCUT2D eigenvalue weighted by molar-refractivity contribution is 7.91. The molecule has 0 aliphatic carbocycles. The van der Waals surface area contributed by atoms with E-state index in [0.29, 0.717) is 24.4 Å². The van der Waals surface area contributed by atoms with Gasteiger partial charge in [-0.15, -0.1) is 0 Å². The van der Waals surface area contributed by atoms with Crippen LogP contribution in [-0.2, 0) is 22.3 Å². The minimum absolute atomic E-state index is 0.277. The van der Waals surface area contributed by atoms with E-state index >= 15 is 0 Å². The Balaban J connectivity index is 1.79. The van der Waals surface area contributed by atoms with E-state index < -0.39 is 20.5 Å². The number of nitrogens with zero attached hydrogens (tertiary/aromatic N) is 2. The number of benzene rings is 3. The highest BCUT2D eigenvalue weighted by Crippen LogP contribution is 2.50. The van der Waals surface area contributed by atoms with Crippen molar-refractivity contribution >= 4 is 20.9 Å². The van der Waals surface area contributed by atoms with Crippen LogP contribution in [0, 0.1) is 0 Å². The Hall–Kier alpha value is -3.16. The summed E-state index contributed by atoms with van der Waals surface area (Å²) in [6.45, 7) is 1.49. The Labute approximate surface area is 200 Å². The second kappa shape index (κ2) is 8.89. The number of aryl methyl sites for hydroxylation is 1.